The van der Waals surface area contributed by atoms with Crippen molar-refractivity contribution in [1.29, 1.82) is 0 Å². The number of hydrogen-bond acceptors (Lipinski definition) is 5. The summed E-state index contributed by atoms with van der Waals surface area (Å²) in [6.07, 6.45) is 1.58. The van der Waals surface area contributed by atoms with Crippen molar-refractivity contribution in [2.75, 3.05) is 18.9 Å². The van der Waals surface area contributed by atoms with Crippen molar-refractivity contribution in [3.8, 4) is 0 Å². The Balaban J connectivity index is 2.11. The largest absolute Gasteiger partial charge is 0.480 e. The van der Waals surface area contributed by atoms with Crippen molar-refractivity contribution in [3.05, 3.63) is 22.4 Å². The summed E-state index contributed by atoms with van der Waals surface area (Å²) in [5.74, 6) is -2.22. The monoisotopic (exact) mass is 319 g/mol. The molecule has 1 aliphatic rings. The van der Waals surface area contributed by atoms with E-state index < -0.39 is 21.7 Å². The molecule has 1 fully saturated rings. The van der Waals surface area contributed by atoms with Gasteiger partial charge in [-0.1, -0.05) is 6.07 Å². The first-order valence-corrected chi connectivity index (χ1v) is 8.80. The van der Waals surface area contributed by atoms with Crippen LogP contribution in [0.3, 0.4) is 0 Å². The predicted octanol–water partition coefficient (Wildman–Crippen LogP) is 1.14. The van der Waals surface area contributed by atoms with Crippen molar-refractivity contribution in [3.63, 3.8) is 0 Å². The van der Waals surface area contributed by atoms with E-state index in [0.717, 1.165) is 17.7 Å². The standard InChI is InChI=1S/C12H17NO5S2/c14-12(15)9-20(16,17)13(7-10-3-1-5-18-10)8-11-4-2-6-19-11/h2,4,6,10H,1,3,5,7-9H2,(H,14,15). The highest BCUT2D eigenvalue weighted by Gasteiger charge is 2.29. The van der Waals surface area contributed by atoms with Crippen molar-refractivity contribution >= 4 is 27.3 Å². The number of sulfonamides is 1. The van der Waals surface area contributed by atoms with Crippen molar-refractivity contribution in [2.24, 2.45) is 0 Å². The number of carbonyl (C=O) groups is 1. The number of aliphatic carboxylic acids is 1. The fourth-order valence-corrected chi connectivity index (χ4v) is 4.14. The molecule has 1 atom stereocenters. The highest BCUT2D eigenvalue weighted by Crippen LogP contribution is 2.19. The van der Waals surface area contributed by atoms with Crippen LogP contribution in [0.5, 0.6) is 0 Å². The molecule has 1 aliphatic heterocycles. The molecular weight excluding hydrogens is 302 g/mol. The Morgan fingerprint density at radius 1 is 1.55 bits per heavy atom. The third-order valence-electron chi connectivity index (χ3n) is 3.04. The van der Waals surface area contributed by atoms with Gasteiger partial charge in [-0.2, -0.15) is 4.31 Å². The van der Waals surface area contributed by atoms with Crippen molar-refractivity contribution < 1.29 is 23.1 Å². The Morgan fingerprint density at radius 3 is 2.90 bits per heavy atom. The molecule has 1 N–H and O–H groups in total. The van der Waals surface area contributed by atoms with Crippen LogP contribution >= 0.6 is 11.3 Å². The van der Waals surface area contributed by atoms with Gasteiger partial charge in [0.2, 0.25) is 10.0 Å². The lowest BCUT2D eigenvalue weighted by Crippen LogP contribution is -2.39. The fraction of sp³-hybridized carbons (Fsp3) is 0.583. The minimum absolute atomic E-state index is 0.140. The van der Waals surface area contributed by atoms with E-state index in [2.05, 4.69) is 0 Å². The van der Waals surface area contributed by atoms with Crippen LogP contribution in [0.2, 0.25) is 0 Å². The van der Waals surface area contributed by atoms with Gasteiger partial charge >= 0.3 is 5.97 Å². The van der Waals surface area contributed by atoms with Crippen LogP contribution in [0, 0.1) is 0 Å². The molecule has 0 saturated carbocycles. The third-order valence-corrected chi connectivity index (χ3v) is 5.58. The molecule has 112 valence electrons. The smallest absolute Gasteiger partial charge is 0.320 e. The molecule has 20 heavy (non-hydrogen) atoms. The van der Waals surface area contributed by atoms with E-state index in [1.807, 2.05) is 17.5 Å². The zero-order chi connectivity index (χ0) is 14.6. The maximum atomic E-state index is 12.1. The molecule has 1 aromatic heterocycles. The van der Waals surface area contributed by atoms with Crippen LogP contribution in [0.4, 0.5) is 0 Å². The van der Waals surface area contributed by atoms with Crippen LogP contribution in [0.1, 0.15) is 17.7 Å². The number of hydrogen-bond donors (Lipinski definition) is 1. The van der Waals surface area contributed by atoms with E-state index in [4.69, 9.17) is 9.84 Å². The summed E-state index contributed by atoms with van der Waals surface area (Å²) < 4.78 is 31.0. The number of ether oxygens (including phenoxy) is 1. The SMILES string of the molecule is O=C(O)CS(=O)(=O)N(Cc1cccs1)CC1CCCO1. The van der Waals surface area contributed by atoms with Crippen LogP contribution in [-0.4, -0.2) is 48.8 Å². The van der Waals surface area contributed by atoms with E-state index in [9.17, 15) is 13.2 Å². The molecule has 0 aliphatic carbocycles. The van der Waals surface area contributed by atoms with Gasteiger partial charge in [-0.15, -0.1) is 11.3 Å². The number of carboxylic acids is 1. The maximum absolute atomic E-state index is 12.1. The Morgan fingerprint density at radius 2 is 2.35 bits per heavy atom. The van der Waals surface area contributed by atoms with Crippen LogP contribution in [-0.2, 0) is 26.1 Å². The van der Waals surface area contributed by atoms with Crippen LogP contribution < -0.4 is 0 Å². The zero-order valence-electron chi connectivity index (χ0n) is 10.9. The van der Waals surface area contributed by atoms with E-state index in [0.29, 0.717) is 6.61 Å². The van der Waals surface area contributed by atoms with Crippen LogP contribution in [0.25, 0.3) is 0 Å². The summed E-state index contributed by atoms with van der Waals surface area (Å²) in [5, 5.41) is 10.6. The summed E-state index contributed by atoms with van der Waals surface area (Å²) in [6.45, 7) is 1.05. The van der Waals surface area contributed by atoms with Gasteiger partial charge < -0.3 is 9.84 Å². The molecule has 8 heteroatoms. The van der Waals surface area contributed by atoms with Gasteiger partial charge in [0.05, 0.1) is 6.10 Å². The Hall–Kier alpha value is -0.960. The summed E-state index contributed by atoms with van der Waals surface area (Å²) in [6, 6.07) is 3.68. The van der Waals surface area contributed by atoms with Gasteiger partial charge in [-0.25, -0.2) is 8.42 Å². The molecule has 0 radical (unpaired) electrons. The summed E-state index contributed by atoms with van der Waals surface area (Å²) >= 11 is 1.45. The minimum atomic E-state index is -3.82. The second-order valence-electron chi connectivity index (χ2n) is 4.66. The van der Waals surface area contributed by atoms with Crippen molar-refractivity contribution in [2.45, 2.75) is 25.5 Å². The lowest BCUT2D eigenvalue weighted by atomic mass is 10.2. The molecule has 1 unspecified atom stereocenters. The second kappa shape index (κ2) is 6.66. The second-order valence-corrected chi connectivity index (χ2v) is 7.66. The lowest BCUT2D eigenvalue weighted by Gasteiger charge is -2.23. The molecular formula is C12H17NO5S2. The molecule has 0 spiro atoms. The van der Waals surface area contributed by atoms with Gasteiger partial charge in [0.15, 0.2) is 5.75 Å². The van der Waals surface area contributed by atoms with E-state index >= 15 is 0 Å². The first kappa shape index (κ1) is 15.4. The Bertz CT molecular complexity index is 534. The average Bonchev–Trinajstić information content (AvgIpc) is 2.98. The number of carboxylic acid groups (broad SMARTS) is 1. The first-order chi connectivity index (χ1) is 9.47. The normalized spacial score (nSPS) is 19.6. The highest BCUT2D eigenvalue weighted by molar-refractivity contribution is 7.89. The molecule has 6 nitrogen and oxygen atoms in total. The number of thiophene rings is 1. The lowest BCUT2D eigenvalue weighted by molar-refractivity contribution is -0.134. The molecule has 1 aromatic rings. The topological polar surface area (TPSA) is 83.9 Å². The Kier molecular flexibility index (Phi) is 5.14. The van der Waals surface area contributed by atoms with E-state index in [1.54, 1.807) is 0 Å². The van der Waals surface area contributed by atoms with Gasteiger partial charge in [-0.05, 0) is 24.3 Å². The third kappa shape index (κ3) is 4.27. The first-order valence-electron chi connectivity index (χ1n) is 6.31. The summed E-state index contributed by atoms with van der Waals surface area (Å²) in [4.78, 5) is 11.6. The summed E-state index contributed by atoms with van der Waals surface area (Å²) in [7, 11) is -3.82. The van der Waals surface area contributed by atoms with Crippen molar-refractivity contribution in [1.82, 2.24) is 4.31 Å². The van der Waals surface area contributed by atoms with Gasteiger partial charge in [0.25, 0.3) is 0 Å². The molecule has 0 amide bonds. The fourth-order valence-electron chi connectivity index (χ4n) is 2.12. The molecule has 2 heterocycles. The van der Waals surface area contributed by atoms with Gasteiger partial charge in [0.1, 0.15) is 0 Å². The average molecular weight is 319 g/mol. The summed E-state index contributed by atoms with van der Waals surface area (Å²) in [5.41, 5.74) is 0. The van der Waals surface area contributed by atoms with E-state index in [1.165, 1.54) is 15.6 Å². The van der Waals surface area contributed by atoms with Crippen LogP contribution in [0.15, 0.2) is 17.5 Å². The quantitative estimate of drug-likeness (QED) is 0.815. The van der Waals surface area contributed by atoms with Gasteiger partial charge in [0, 0.05) is 24.6 Å². The van der Waals surface area contributed by atoms with Gasteiger partial charge in [-0.3, -0.25) is 4.79 Å². The predicted molar refractivity (Wildman–Crippen MR) is 75.1 cm³/mol. The molecule has 1 saturated heterocycles. The number of nitrogens with zero attached hydrogens (tertiary/aromatic N) is 1. The highest BCUT2D eigenvalue weighted by atomic mass is 32.2. The zero-order valence-corrected chi connectivity index (χ0v) is 12.5. The molecule has 2 rings (SSSR count). The Labute approximate surface area is 122 Å². The minimum Gasteiger partial charge on any atom is -0.480 e. The molecule has 0 bridgehead atoms. The number of rotatable bonds is 7. The maximum Gasteiger partial charge on any atom is 0.320 e. The van der Waals surface area contributed by atoms with E-state index in [-0.39, 0.29) is 19.2 Å². The molecule has 0 aromatic carbocycles.